The Morgan fingerprint density at radius 3 is 2.64 bits per heavy atom. The summed E-state index contributed by atoms with van der Waals surface area (Å²) in [6.07, 6.45) is 4.49. The van der Waals surface area contributed by atoms with E-state index in [2.05, 4.69) is 20.1 Å². The van der Waals surface area contributed by atoms with E-state index in [-0.39, 0.29) is 36.8 Å². The van der Waals surface area contributed by atoms with E-state index in [0.717, 1.165) is 0 Å². The summed E-state index contributed by atoms with van der Waals surface area (Å²) in [5.74, 6) is 0.760. The number of nitrogens with zero attached hydrogens (tertiary/aromatic N) is 4. The first-order valence-electron chi connectivity index (χ1n) is 8.88. The van der Waals surface area contributed by atoms with Crippen LogP contribution in [-0.4, -0.2) is 37.4 Å². The summed E-state index contributed by atoms with van der Waals surface area (Å²) in [4.78, 5) is 12.4. The molecule has 0 spiro atoms. The zero-order chi connectivity index (χ0) is 19.7. The van der Waals surface area contributed by atoms with Crippen LogP contribution in [0.3, 0.4) is 0 Å². The molecule has 4 rings (SSSR count). The van der Waals surface area contributed by atoms with Gasteiger partial charge in [-0.3, -0.25) is 0 Å². The number of hydrogen-bond acceptors (Lipinski definition) is 8. The molecule has 8 nitrogen and oxygen atoms in total. The molecule has 0 unspecified atom stereocenters. The maximum absolute atomic E-state index is 15.2. The van der Waals surface area contributed by atoms with Crippen LogP contribution in [0.25, 0.3) is 11.5 Å². The molecule has 3 aromatic rings. The standard InChI is InChI=1S/C19H19FN4O4/c1-11(2)26-17-5-12(3-4-21-17)19(20)7-13(8-19)27-18-10-22-14(9-23-18)15-6-16(25)24-28-15/h3-6,9-11,13H,7-8H2,1-2H3,(H,24,25)/t13-,19-. The first-order chi connectivity index (χ1) is 13.4. The van der Waals surface area contributed by atoms with Gasteiger partial charge in [-0.25, -0.2) is 19.3 Å². The van der Waals surface area contributed by atoms with Gasteiger partial charge in [0.05, 0.1) is 24.6 Å². The first-order valence-corrected chi connectivity index (χ1v) is 8.88. The van der Waals surface area contributed by atoms with Crippen molar-refractivity contribution >= 4 is 0 Å². The van der Waals surface area contributed by atoms with Gasteiger partial charge in [0.1, 0.15) is 17.5 Å². The topological polar surface area (TPSA) is 103 Å². The lowest BCUT2D eigenvalue weighted by Gasteiger charge is -2.41. The Kier molecular flexibility index (Phi) is 4.58. The van der Waals surface area contributed by atoms with Crippen LogP contribution >= 0.6 is 0 Å². The van der Waals surface area contributed by atoms with E-state index in [1.54, 1.807) is 18.3 Å². The summed E-state index contributed by atoms with van der Waals surface area (Å²) in [6.45, 7) is 3.79. The fourth-order valence-electron chi connectivity index (χ4n) is 3.04. The van der Waals surface area contributed by atoms with Crippen molar-refractivity contribution in [3.63, 3.8) is 0 Å². The molecule has 0 bridgehead atoms. The molecule has 0 saturated heterocycles. The summed E-state index contributed by atoms with van der Waals surface area (Å²) in [6, 6.07) is 4.63. The van der Waals surface area contributed by atoms with Gasteiger partial charge in [0.2, 0.25) is 11.8 Å². The Morgan fingerprint density at radius 1 is 1.18 bits per heavy atom. The first kappa shape index (κ1) is 18.1. The maximum atomic E-state index is 15.2. The second-order valence-electron chi connectivity index (χ2n) is 6.95. The zero-order valence-corrected chi connectivity index (χ0v) is 15.4. The van der Waals surface area contributed by atoms with Gasteiger partial charge < -0.3 is 19.1 Å². The number of halogens is 1. The number of alkyl halides is 1. The zero-order valence-electron chi connectivity index (χ0n) is 15.4. The van der Waals surface area contributed by atoms with Crippen LogP contribution in [0.2, 0.25) is 0 Å². The van der Waals surface area contributed by atoms with Crippen molar-refractivity contribution in [2.45, 2.75) is 44.6 Å². The predicted molar refractivity (Wildman–Crippen MR) is 95.6 cm³/mol. The van der Waals surface area contributed by atoms with Crippen LogP contribution in [0.5, 0.6) is 17.6 Å². The molecule has 1 aliphatic carbocycles. The van der Waals surface area contributed by atoms with Gasteiger partial charge in [-0.2, -0.15) is 0 Å². The van der Waals surface area contributed by atoms with Crippen molar-refractivity contribution in [3.05, 3.63) is 42.4 Å². The fraction of sp³-hybridized carbons (Fsp3) is 0.368. The molecule has 0 aromatic carbocycles. The van der Waals surface area contributed by atoms with Crippen LogP contribution < -0.4 is 9.47 Å². The second-order valence-corrected chi connectivity index (χ2v) is 6.95. The normalized spacial score (nSPS) is 21.4. The predicted octanol–water partition coefficient (Wildman–Crippen LogP) is 3.43. The Bertz CT molecular complexity index is 955. The molecule has 0 radical (unpaired) electrons. The van der Waals surface area contributed by atoms with E-state index < -0.39 is 5.67 Å². The summed E-state index contributed by atoms with van der Waals surface area (Å²) in [7, 11) is 0. The molecule has 0 amide bonds. The fourth-order valence-corrected chi connectivity index (χ4v) is 3.04. The highest BCUT2D eigenvalue weighted by Crippen LogP contribution is 2.47. The van der Waals surface area contributed by atoms with Crippen LogP contribution in [0.1, 0.15) is 32.3 Å². The number of hydrogen-bond donors (Lipinski definition) is 1. The number of aromatic hydroxyl groups is 1. The van der Waals surface area contributed by atoms with Crippen LogP contribution in [0, 0.1) is 0 Å². The number of pyridine rings is 1. The minimum Gasteiger partial charge on any atom is -0.491 e. The van der Waals surface area contributed by atoms with E-state index >= 15 is 4.39 Å². The highest BCUT2D eigenvalue weighted by Gasteiger charge is 2.48. The number of aromatic nitrogens is 4. The van der Waals surface area contributed by atoms with E-state index in [0.29, 0.717) is 22.9 Å². The van der Waals surface area contributed by atoms with Gasteiger partial charge >= 0.3 is 0 Å². The highest BCUT2D eigenvalue weighted by molar-refractivity contribution is 5.51. The molecule has 1 N–H and O–H groups in total. The van der Waals surface area contributed by atoms with E-state index in [4.69, 9.17) is 14.0 Å². The van der Waals surface area contributed by atoms with E-state index in [1.165, 1.54) is 18.5 Å². The van der Waals surface area contributed by atoms with Crippen LogP contribution in [0.15, 0.2) is 41.3 Å². The van der Waals surface area contributed by atoms with Crippen molar-refractivity contribution in [1.82, 2.24) is 20.1 Å². The third-order valence-electron chi connectivity index (χ3n) is 4.38. The average molecular weight is 386 g/mol. The lowest BCUT2D eigenvalue weighted by atomic mass is 9.74. The van der Waals surface area contributed by atoms with Gasteiger partial charge in [0.15, 0.2) is 5.76 Å². The molecule has 146 valence electrons. The van der Waals surface area contributed by atoms with Gasteiger partial charge in [0.25, 0.3) is 5.88 Å². The monoisotopic (exact) mass is 386 g/mol. The molecule has 9 heteroatoms. The van der Waals surface area contributed by atoms with Crippen molar-refractivity contribution in [2.24, 2.45) is 0 Å². The molecule has 3 aromatic heterocycles. The molecule has 1 saturated carbocycles. The highest BCUT2D eigenvalue weighted by atomic mass is 19.1. The van der Waals surface area contributed by atoms with Crippen molar-refractivity contribution in [3.8, 4) is 29.1 Å². The quantitative estimate of drug-likeness (QED) is 0.687. The van der Waals surface area contributed by atoms with Gasteiger partial charge in [-0.1, -0.05) is 0 Å². The molecule has 0 atom stereocenters. The Morgan fingerprint density at radius 2 is 2.00 bits per heavy atom. The van der Waals surface area contributed by atoms with E-state index in [1.807, 2.05) is 13.8 Å². The lowest BCUT2D eigenvalue weighted by Crippen LogP contribution is -2.44. The third kappa shape index (κ3) is 3.73. The molecule has 1 aliphatic rings. The molecular weight excluding hydrogens is 367 g/mol. The summed E-state index contributed by atoms with van der Waals surface area (Å²) in [5.41, 5.74) is -0.541. The van der Waals surface area contributed by atoms with Gasteiger partial charge in [-0.15, -0.1) is 0 Å². The molecule has 3 heterocycles. The second kappa shape index (κ2) is 7.06. The van der Waals surface area contributed by atoms with Crippen molar-refractivity contribution in [2.75, 3.05) is 0 Å². The Hall–Kier alpha value is -3.23. The average Bonchev–Trinajstić information content (AvgIpc) is 3.07. The van der Waals surface area contributed by atoms with Crippen LogP contribution in [-0.2, 0) is 5.67 Å². The molecule has 0 aliphatic heterocycles. The number of rotatable bonds is 6. The lowest BCUT2D eigenvalue weighted by molar-refractivity contribution is -0.0489. The summed E-state index contributed by atoms with van der Waals surface area (Å²) < 4.78 is 31.3. The third-order valence-corrected chi connectivity index (χ3v) is 4.38. The Balaban J connectivity index is 1.37. The maximum Gasteiger partial charge on any atom is 0.252 e. The minimum absolute atomic E-state index is 0.0294. The SMILES string of the molecule is CC(C)Oc1cc([C@]2(F)C[C@H](Oc3cnc(-c4cc(O)no4)cn3)C2)ccn1. The molecule has 28 heavy (non-hydrogen) atoms. The summed E-state index contributed by atoms with van der Waals surface area (Å²) in [5, 5.41) is 12.6. The largest absolute Gasteiger partial charge is 0.491 e. The van der Waals surface area contributed by atoms with Gasteiger partial charge in [0, 0.05) is 25.1 Å². The smallest absolute Gasteiger partial charge is 0.252 e. The number of ether oxygens (including phenoxy) is 2. The van der Waals surface area contributed by atoms with Crippen molar-refractivity contribution < 1.29 is 23.5 Å². The minimum atomic E-state index is -1.48. The van der Waals surface area contributed by atoms with Gasteiger partial charge in [-0.05, 0) is 30.6 Å². The van der Waals surface area contributed by atoms with E-state index in [9.17, 15) is 5.11 Å². The van der Waals surface area contributed by atoms with Crippen molar-refractivity contribution in [1.29, 1.82) is 0 Å². The molecule has 1 fully saturated rings. The Labute approximate surface area is 160 Å². The summed E-state index contributed by atoms with van der Waals surface area (Å²) >= 11 is 0. The molecular formula is C19H19FN4O4. The van der Waals surface area contributed by atoms with Crippen LogP contribution in [0.4, 0.5) is 4.39 Å².